The number of nitrogens with zero attached hydrogens (tertiary/aromatic N) is 1. The zero-order valence-electron chi connectivity index (χ0n) is 16.3. The number of ether oxygens (including phenoxy) is 3. The summed E-state index contributed by atoms with van der Waals surface area (Å²) in [5, 5.41) is 2.83. The fourth-order valence-corrected chi connectivity index (χ4v) is 3.47. The number of fused-ring (bicyclic) bond motifs is 2. The Morgan fingerprint density at radius 3 is 2.55 bits per heavy atom. The summed E-state index contributed by atoms with van der Waals surface area (Å²) in [6.45, 7) is 0.301. The molecule has 2 amide bonds. The van der Waals surface area contributed by atoms with Gasteiger partial charge in [0, 0.05) is 11.3 Å². The summed E-state index contributed by atoms with van der Waals surface area (Å²) in [6.07, 6.45) is 0. The number of anilines is 2. The molecule has 0 saturated heterocycles. The standard InChI is InChI=1S/C23H17FN2O5/c24-16-4-1-14(2-5-16)11-26-18-10-17(6-8-19(18)29-12-22(26)27)25-23(28)15-3-7-20-21(9-15)31-13-30-20/h1-10H,11-13H2,(H,25,28). The van der Waals surface area contributed by atoms with Gasteiger partial charge in [-0.3, -0.25) is 9.59 Å². The second kappa shape index (κ2) is 7.64. The minimum Gasteiger partial charge on any atom is -0.482 e. The largest absolute Gasteiger partial charge is 0.482 e. The Kier molecular flexibility index (Phi) is 4.66. The van der Waals surface area contributed by atoms with Crippen molar-refractivity contribution in [2.75, 3.05) is 23.6 Å². The van der Waals surface area contributed by atoms with Gasteiger partial charge in [-0.15, -0.1) is 0 Å². The minimum absolute atomic E-state index is 0.0862. The van der Waals surface area contributed by atoms with Gasteiger partial charge in [-0.1, -0.05) is 12.1 Å². The Morgan fingerprint density at radius 2 is 1.71 bits per heavy atom. The van der Waals surface area contributed by atoms with E-state index < -0.39 is 0 Å². The summed E-state index contributed by atoms with van der Waals surface area (Å²) >= 11 is 0. The Labute approximate surface area is 176 Å². The van der Waals surface area contributed by atoms with Crippen molar-refractivity contribution in [3.8, 4) is 17.2 Å². The van der Waals surface area contributed by atoms with Crippen LogP contribution in [0, 0.1) is 5.82 Å². The highest BCUT2D eigenvalue weighted by Crippen LogP contribution is 2.36. The first-order chi connectivity index (χ1) is 15.1. The lowest BCUT2D eigenvalue weighted by atomic mass is 10.1. The lowest BCUT2D eigenvalue weighted by molar-refractivity contribution is -0.121. The molecule has 2 heterocycles. The van der Waals surface area contributed by atoms with Gasteiger partial charge in [0.1, 0.15) is 11.6 Å². The second-order valence-electron chi connectivity index (χ2n) is 7.10. The van der Waals surface area contributed by atoms with Crippen LogP contribution in [0.25, 0.3) is 0 Å². The van der Waals surface area contributed by atoms with E-state index in [-0.39, 0.29) is 37.6 Å². The third-order valence-electron chi connectivity index (χ3n) is 5.05. The number of hydrogen-bond donors (Lipinski definition) is 1. The first-order valence-corrected chi connectivity index (χ1v) is 9.59. The SMILES string of the molecule is O=C(Nc1ccc2c(c1)N(Cc1ccc(F)cc1)C(=O)CO2)c1ccc2c(c1)OCO2. The van der Waals surface area contributed by atoms with Crippen molar-refractivity contribution in [1.82, 2.24) is 0 Å². The number of rotatable bonds is 4. The van der Waals surface area contributed by atoms with Crippen LogP contribution in [0.5, 0.6) is 17.2 Å². The van der Waals surface area contributed by atoms with Crippen molar-refractivity contribution >= 4 is 23.2 Å². The predicted octanol–water partition coefficient (Wildman–Crippen LogP) is 3.73. The molecule has 0 spiro atoms. The molecule has 2 aliphatic heterocycles. The predicted molar refractivity (Wildman–Crippen MR) is 110 cm³/mol. The molecule has 8 heteroatoms. The highest BCUT2D eigenvalue weighted by Gasteiger charge is 2.26. The van der Waals surface area contributed by atoms with Crippen LogP contribution in [-0.2, 0) is 11.3 Å². The average Bonchev–Trinajstić information content (AvgIpc) is 3.25. The molecular formula is C23H17FN2O5. The molecule has 31 heavy (non-hydrogen) atoms. The lowest BCUT2D eigenvalue weighted by Crippen LogP contribution is -2.38. The van der Waals surface area contributed by atoms with Gasteiger partial charge in [-0.2, -0.15) is 0 Å². The molecule has 7 nitrogen and oxygen atoms in total. The van der Waals surface area contributed by atoms with Crippen molar-refractivity contribution in [3.63, 3.8) is 0 Å². The van der Waals surface area contributed by atoms with Crippen LogP contribution in [0.1, 0.15) is 15.9 Å². The van der Waals surface area contributed by atoms with E-state index in [1.54, 1.807) is 53.4 Å². The topological polar surface area (TPSA) is 77.1 Å². The molecule has 0 unspecified atom stereocenters. The van der Waals surface area contributed by atoms with Crippen LogP contribution in [0.15, 0.2) is 60.7 Å². The van der Waals surface area contributed by atoms with E-state index in [0.717, 1.165) is 5.56 Å². The molecule has 0 atom stereocenters. The Morgan fingerprint density at radius 1 is 0.935 bits per heavy atom. The summed E-state index contributed by atoms with van der Waals surface area (Å²) in [6, 6.07) is 16.0. The molecule has 156 valence electrons. The van der Waals surface area contributed by atoms with Crippen molar-refractivity contribution in [2.45, 2.75) is 6.54 Å². The maximum absolute atomic E-state index is 13.2. The van der Waals surface area contributed by atoms with E-state index in [4.69, 9.17) is 14.2 Å². The Balaban J connectivity index is 1.39. The second-order valence-corrected chi connectivity index (χ2v) is 7.10. The van der Waals surface area contributed by atoms with Gasteiger partial charge in [-0.25, -0.2) is 4.39 Å². The van der Waals surface area contributed by atoms with Crippen molar-refractivity contribution in [2.24, 2.45) is 0 Å². The number of carbonyl (C=O) groups excluding carboxylic acids is 2. The summed E-state index contributed by atoms with van der Waals surface area (Å²) in [7, 11) is 0. The summed E-state index contributed by atoms with van der Waals surface area (Å²) in [4.78, 5) is 26.8. The van der Waals surface area contributed by atoms with Gasteiger partial charge in [0.15, 0.2) is 18.1 Å². The number of carbonyl (C=O) groups is 2. The number of nitrogens with one attached hydrogen (secondary N) is 1. The maximum atomic E-state index is 13.2. The van der Waals surface area contributed by atoms with Gasteiger partial charge in [0.05, 0.1) is 12.2 Å². The van der Waals surface area contributed by atoms with Crippen molar-refractivity contribution < 1.29 is 28.2 Å². The first-order valence-electron chi connectivity index (χ1n) is 9.59. The van der Waals surface area contributed by atoms with Crippen molar-refractivity contribution in [3.05, 3.63) is 77.6 Å². The lowest BCUT2D eigenvalue weighted by Gasteiger charge is -2.30. The quantitative estimate of drug-likeness (QED) is 0.696. The van der Waals surface area contributed by atoms with Crippen LogP contribution in [0.3, 0.4) is 0 Å². The number of amides is 2. The molecular weight excluding hydrogens is 403 g/mol. The molecule has 0 saturated carbocycles. The third kappa shape index (κ3) is 3.75. The zero-order valence-corrected chi connectivity index (χ0v) is 16.3. The molecule has 0 aromatic heterocycles. The summed E-state index contributed by atoms with van der Waals surface area (Å²) < 4.78 is 29.3. The zero-order chi connectivity index (χ0) is 21.4. The Bertz CT molecular complexity index is 1180. The molecule has 3 aromatic carbocycles. The van der Waals surface area contributed by atoms with Crippen LogP contribution < -0.4 is 24.4 Å². The van der Waals surface area contributed by atoms with Crippen LogP contribution in [-0.4, -0.2) is 25.2 Å². The van der Waals surface area contributed by atoms with Gasteiger partial charge in [-0.05, 0) is 54.1 Å². The van der Waals surface area contributed by atoms with E-state index in [1.807, 2.05) is 0 Å². The van der Waals surface area contributed by atoms with E-state index in [1.165, 1.54) is 12.1 Å². The monoisotopic (exact) mass is 420 g/mol. The smallest absolute Gasteiger partial charge is 0.265 e. The molecule has 2 aliphatic rings. The van der Waals surface area contributed by atoms with Gasteiger partial charge in [0.25, 0.3) is 11.8 Å². The normalized spacial score (nSPS) is 14.1. The molecule has 0 bridgehead atoms. The van der Waals surface area contributed by atoms with Gasteiger partial charge < -0.3 is 24.4 Å². The Hall–Kier alpha value is -4.07. The molecule has 0 aliphatic carbocycles. The van der Waals surface area contributed by atoms with Gasteiger partial charge >= 0.3 is 0 Å². The van der Waals surface area contributed by atoms with E-state index in [0.29, 0.717) is 34.2 Å². The van der Waals surface area contributed by atoms with Gasteiger partial charge in [0.2, 0.25) is 6.79 Å². The molecule has 5 rings (SSSR count). The molecule has 0 radical (unpaired) electrons. The third-order valence-corrected chi connectivity index (χ3v) is 5.05. The van der Waals surface area contributed by atoms with E-state index >= 15 is 0 Å². The van der Waals surface area contributed by atoms with Crippen LogP contribution >= 0.6 is 0 Å². The fraction of sp³-hybridized carbons (Fsp3) is 0.130. The maximum Gasteiger partial charge on any atom is 0.265 e. The summed E-state index contributed by atoms with van der Waals surface area (Å²) in [5.74, 6) is 0.746. The van der Waals surface area contributed by atoms with Crippen molar-refractivity contribution in [1.29, 1.82) is 0 Å². The molecule has 1 N–H and O–H groups in total. The molecule has 3 aromatic rings. The van der Waals surface area contributed by atoms with Crippen LogP contribution in [0.2, 0.25) is 0 Å². The fourth-order valence-electron chi connectivity index (χ4n) is 3.47. The summed E-state index contributed by atoms with van der Waals surface area (Å²) in [5.41, 5.74) is 2.22. The highest BCUT2D eigenvalue weighted by atomic mass is 19.1. The van der Waals surface area contributed by atoms with Crippen LogP contribution in [0.4, 0.5) is 15.8 Å². The first kappa shape index (κ1) is 18.9. The van der Waals surface area contributed by atoms with E-state index in [9.17, 15) is 14.0 Å². The minimum atomic E-state index is -0.342. The average molecular weight is 420 g/mol. The highest BCUT2D eigenvalue weighted by molar-refractivity contribution is 6.05. The number of benzene rings is 3. The number of hydrogen-bond acceptors (Lipinski definition) is 5. The number of halogens is 1. The molecule has 0 fully saturated rings. The van der Waals surface area contributed by atoms with E-state index in [2.05, 4.69) is 5.32 Å².